The van der Waals surface area contributed by atoms with E-state index in [2.05, 4.69) is 15.4 Å². The topological polar surface area (TPSA) is 67.4 Å². The van der Waals surface area contributed by atoms with E-state index in [9.17, 15) is 14.0 Å². The highest BCUT2D eigenvalue weighted by Crippen LogP contribution is 2.21. The van der Waals surface area contributed by atoms with Gasteiger partial charge in [0.1, 0.15) is 5.82 Å². The number of halogens is 1. The van der Waals surface area contributed by atoms with E-state index in [1.54, 1.807) is 25.1 Å². The minimum Gasteiger partial charge on any atom is -0.450 e. The highest BCUT2D eigenvalue weighted by atomic mass is 32.2. The molecule has 21 heavy (non-hydrogen) atoms. The summed E-state index contributed by atoms with van der Waals surface area (Å²) in [4.78, 5) is 23.0. The van der Waals surface area contributed by atoms with Crippen LogP contribution < -0.4 is 10.6 Å². The number of carbonyl (C=O) groups excluding carboxylic acids is 2. The van der Waals surface area contributed by atoms with Crippen LogP contribution >= 0.6 is 11.8 Å². The van der Waals surface area contributed by atoms with Crippen LogP contribution in [0.5, 0.6) is 0 Å². The summed E-state index contributed by atoms with van der Waals surface area (Å²) in [5.74, 6) is 0.0870. The lowest BCUT2D eigenvalue weighted by Gasteiger charge is -2.07. The molecule has 0 aliphatic carbocycles. The van der Waals surface area contributed by atoms with Gasteiger partial charge in [0.2, 0.25) is 5.91 Å². The summed E-state index contributed by atoms with van der Waals surface area (Å²) in [6.07, 6.45) is -0.208. The summed E-state index contributed by atoms with van der Waals surface area (Å²) in [7, 11) is 0. The lowest BCUT2D eigenvalue weighted by Crippen LogP contribution is -2.35. The molecule has 0 fully saturated rings. The Kier molecular flexibility index (Phi) is 8.27. The standard InChI is InChI=1S/C14H19FN2O3S/c1-2-20-14(19)17-9-8-16-13(18)7-10-21-12-6-4-3-5-11(12)15/h3-6H,2,7-10H2,1H3,(H,16,18)(H,17,19). The largest absolute Gasteiger partial charge is 0.450 e. The fraction of sp³-hybridized carbons (Fsp3) is 0.429. The Hall–Kier alpha value is -1.76. The number of hydrogen-bond acceptors (Lipinski definition) is 4. The van der Waals surface area contributed by atoms with Gasteiger partial charge in [-0.1, -0.05) is 12.1 Å². The average molecular weight is 314 g/mol. The van der Waals surface area contributed by atoms with Crippen LogP contribution in [0, 0.1) is 5.82 Å². The van der Waals surface area contributed by atoms with Crippen molar-refractivity contribution in [3.8, 4) is 0 Å². The lowest BCUT2D eigenvalue weighted by molar-refractivity contribution is -0.120. The molecule has 5 nitrogen and oxygen atoms in total. The smallest absolute Gasteiger partial charge is 0.407 e. The SMILES string of the molecule is CCOC(=O)NCCNC(=O)CCSc1ccccc1F. The van der Waals surface area contributed by atoms with Crippen molar-refractivity contribution in [3.05, 3.63) is 30.1 Å². The fourth-order valence-electron chi connectivity index (χ4n) is 1.45. The van der Waals surface area contributed by atoms with Gasteiger partial charge in [0.15, 0.2) is 0 Å². The molecule has 0 heterocycles. The second kappa shape index (κ2) is 10.0. The summed E-state index contributed by atoms with van der Waals surface area (Å²) in [6, 6.07) is 6.46. The predicted octanol–water partition coefficient (Wildman–Crippen LogP) is 2.17. The first kappa shape index (κ1) is 17.3. The number of rotatable bonds is 8. The van der Waals surface area contributed by atoms with E-state index in [4.69, 9.17) is 0 Å². The van der Waals surface area contributed by atoms with Gasteiger partial charge in [0.05, 0.1) is 6.61 Å². The summed E-state index contributed by atoms with van der Waals surface area (Å²) >= 11 is 1.30. The van der Waals surface area contributed by atoms with Gasteiger partial charge < -0.3 is 15.4 Å². The number of benzene rings is 1. The van der Waals surface area contributed by atoms with Crippen molar-refractivity contribution in [2.45, 2.75) is 18.2 Å². The first-order chi connectivity index (χ1) is 10.1. The fourth-order valence-corrected chi connectivity index (χ4v) is 2.34. The second-order valence-corrected chi connectivity index (χ2v) is 5.16. The Morgan fingerprint density at radius 3 is 2.67 bits per heavy atom. The molecule has 1 aromatic carbocycles. The maximum atomic E-state index is 13.3. The number of alkyl carbamates (subject to hydrolysis) is 1. The first-order valence-corrected chi connectivity index (χ1v) is 7.66. The van der Waals surface area contributed by atoms with E-state index >= 15 is 0 Å². The zero-order valence-electron chi connectivity index (χ0n) is 11.9. The van der Waals surface area contributed by atoms with E-state index in [1.165, 1.54) is 17.8 Å². The second-order valence-electron chi connectivity index (χ2n) is 4.03. The van der Waals surface area contributed by atoms with E-state index in [1.807, 2.05) is 0 Å². The van der Waals surface area contributed by atoms with Gasteiger partial charge in [-0.05, 0) is 19.1 Å². The molecule has 1 rings (SSSR count). The van der Waals surface area contributed by atoms with Gasteiger partial charge in [-0.2, -0.15) is 0 Å². The van der Waals surface area contributed by atoms with Crippen LogP contribution in [0.3, 0.4) is 0 Å². The molecule has 2 N–H and O–H groups in total. The summed E-state index contributed by atoms with van der Waals surface area (Å²) in [6.45, 7) is 2.67. The van der Waals surface area contributed by atoms with Crippen molar-refractivity contribution in [2.75, 3.05) is 25.4 Å². The van der Waals surface area contributed by atoms with Crippen LogP contribution in [-0.4, -0.2) is 37.4 Å². The molecule has 0 aliphatic rings. The van der Waals surface area contributed by atoms with Gasteiger partial charge in [0.25, 0.3) is 0 Å². The van der Waals surface area contributed by atoms with Gasteiger partial charge in [-0.3, -0.25) is 4.79 Å². The number of amides is 2. The summed E-state index contributed by atoms with van der Waals surface area (Å²) < 4.78 is 18.0. The molecule has 0 atom stereocenters. The van der Waals surface area contributed by atoms with Crippen molar-refractivity contribution in [1.82, 2.24) is 10.6 Å². The predicted molar refractivity (Wildman–Crippen MR) is 79.8 cm³/mol. The third-order valence-electron chi connectivity index (χ3n) is 2.42. The number of hydrogen-bond donors (Lipinski definition) is 2. The number of thioether (sulfide) groups is 1. The van der Waals surface area contributed by atoms with Gasteiger partial charge in [0, 0.05) is 30.2 Å². The van der Waals surface area contributed by atoms with Crippen LogP contribution in [0.15, 0.2) is 29.2 Å². The highest BCUT2D eigenvalue weighted by Gasteiger charge is 2.05. The van der Waals surface area contributed by atoms with E-state index in [0.717, 1.165) is 0 Å². The Balaban J connectivity index is 2.09. The Morgan fingerprint density at radius 2 is 1.95 bits per heavy atom. The van der Waals surface area contributed by atoms with Gasteiger partial charge in [-0.15, -0.1) is 11.8 Å². The van der Waals surface area contributed by atoms with Gasteiger partial charge >= 0.3 is 6.09 Å². The number of carbonyl (C=O) groups is 2. The van der Waals surface area contributed by atoms with Crippen LogP contribution in [-0.2, 0) is 9.53 Å². The minimum absolute atomic E-state index is 0.135. The normalized spacial score (nSPS) is 10.0. The molecule has 7 heteroatoms. The molecule has 0 saturated heterocycles. The summed E-state index contributed by atoms with van der Waals surface area (Å²) in [5.41, 5.74) is 0. The van der Waals surface area contributed by atoms with Crippen LogP contribution in [0.2, 0.25) is 0 Å². The molecule has 2 amide bonds. The molecule has 0 unspecified atom stereocenters. The lowest BCUT2D eigenvalue weighted by atomic mass is 10.3. The van der Waals surface area contributed by atoms with Crippen molar-refractivity contribution < 1.29 is 18.7 Å². The van der Waals surface area contributed by atoms with E-state index in [0.29, 0.717) is 36.8 Å². The quantitative estimate of drug-likeness (QED) is 0.570. The maximum absolute atomic E-state index is 13.3. The van der Waals surface area contributed by atoms with Crippen molar-refractivity contribution in [3.63, 3.8) is 0 Å². The summed E-state index contributed by atoms with van der Waals surface area (Å²) in [5, 5.41) is 5.16. The molecule has 0 aromatic heterocycles. The highest BCUT2D eigenvalue weighted by molar-refractivity contribution is 7.99. The van der Waals surface area contributed by atoms with Crippen LogP contribution in [0.25, 0.3) is 0 Å². The Labute approximate surface area is 127 Å². The monoisotopic (exact) mass is 314 g/mol. The molecule has 0 radical (unpaired) electrons. The molecule has 0 saturated carbocycles. The van der Waals surface area contributed by atoms with E-state index in [-0.39, 0.29) is 11.7 Å². The van der Waals surface area contributed by atoms with Crippen LogP contribution in [0.1, 0.15) is 13.3 Å². The first-order valence-electron chi connectivity index (χ1n) is 6.68. The Bertz CT molecular complexity index is 471. The minimum atomic E-state index is -0.498. The van der Waals surface area contributed by atoms with Crippen molar-refractivity contribution in [2.24, 2.45) is 0 Å². The molecule has 0 spiro atoms. The zero-order valence-corrected chi connectivity index (χ0v) is 12.7. The molecular weight excluding hydrogens is 295 g/mol. The molecule has 116 valence electrons. The molecule has 1 aromatic rings. The third kappa shape index (κ3) is 7.55. The zero-order chi connectivity index (χ0) is 15.5. The third-order valence-corrected chi connectivity index (χ3v) is 3.47. The molecule has 0 bridgehead atoms. The maximum Gasteiger partial charge on any atom is 0.407 e. The Morgan fingerprint density at radius 1 is 1.24 bits per heavy atom. The molecule has 0 aliphatic heterocycles. The van der Waals surface area contributed by atoms with Crippen molar-refractivity contribution >= 4 is 23.8 Å². The van der Waals surface area contributed by atoms with Gasteiger partial charge in [-0.25, -0.2) is 9.18 Å². The molecular formula is C14H19FN2O3S. The van der Waals surface area contributed by atoms with Crippen molar-refractivity contribution in [1.29, 1.82) is 0 Å². The number of ether oxygens (including phenoxy) is 1. The average Bonchev–Trinajstić information content (AvgIpc) is 2.46. The van der Waals surface area contributed by atoms with E-state index < -0.39 is 6.09 Å². The number of nitrogens with one attached hydrogen (secondary N) is 2. The van der Waals surface area contributed by atoms with Crippen LogP contribution in [0.4, 0.5) is 9.18 Å².